The van der Waals surface area contributed by atoms with E-state index in [1.54, 1.807) is 0 Å². The van der Waals surface area contributed by atoms with Gasteiger partial charge in [-0.05, 0) is 37.2 Å². The molecule has 1 amide bonds. The van der Waals surface area contributed by atoms with Crippen molar-refractivity contribution in [2.45, 2.75) is 51.0 Å². The zero-order chi connectivity index (χ0) is 15.8. The lowest BCUT2D eigenvalue weighted by molar-refractivity contribution is -0.145. The van der Waals surface area contributed by atoms with Crippen LogP contribution in [0.1, 0.15) is 44.1 Å². The highest BCUT2D eigenvalue weighted by Gasteiger charge is 2.24. The van der Waals surface area contributed by atoms with Crippen molar-refractivity contribution in [1.29, 1.82) is 0 Å². The molecule has 2 rings (SSSR count). The number of amides is 1. The molecule has 1 atom stereocenters. The number of carbonyl (C=O) groups excluding carboxylic acids is 2. The van der Waals surface area contributed by atoms with E-state index in [2.05, 4.69) is 5.32 Å². The zero-order valence-electron chi connectivity index (χ0n) is 13.2. The third-order valence-corrected chi connectivity index (χ3v) is 4.33. The molecule has 0 saturated heterocycles. The molecular formula is C18H25NO3. The quantitative estimate of drug-likeness (QED) is 0.788. The fourth-order valence-corrected chi connectivity index (χ4v) is 3.08. The van der Waals surface area contributed by atoms with E-state index in [1.807, 2.05) is 30.3 Å². The largest absolute Gasteiger partial charge is 0.467 e. The van der Waals surface area contributed by atoms with Crippen LogP contribution in [0.3, 0.4) is 0 Å². The summed E-state index contributed by atoms with van der Waals surface area (Å²) in [7, 11) is 1.36. The monoisotopic (exact) mass is 303 g/mol. The van der Waals surface area contributed by atoms with Gasteiger partial charge in [-0.3, -0.25) is 4.79 Å². The molecule has 0 bridgehead atoms. The van der Waals surface area contributed by atoms with Crippen LogP contribution >= 0.6 is 0 Å². The first kappa shape index (κ1) is 16.5. The number of carbonyl (C=O) groups is 2. The van der Waals surface area contributed by atoms with Gasteiger partial charge in [-0.1, -0.05) is 43.2 Å². The number of benzene rings is 1. The number of hydrogen-bond donors (Lipinski definition) is 1. The summed E-state index contributed by atoms with van der Waals surface area (Å²) in [6.07, 6.45) is 6.51. The lowest BCUT2D eigenvalue weighted by atomic mass is 10.0. The van der Waals surface area contributed by atoms with E-state index in [0.717, 1.165) is 24.8 Å². The number of aryl methyl sites for hydroxylation is 1. The first-order valence-corrected chi connectivity index (χ1v) is 8.10. The molecule has 0 aromatic heterocycles. The Morgan fingerprint density at radius 2 is 1.91 bits per heavy atom. The van der Waals surface area contributed by atoms with Crippen molar-refractivity contribution in [1.82, 2.24) is 5.32 Å². The third-order valence-electron chi connectivity index (χ3n) is 4.33. The summed E-state index contributed by atoms with van der Waals surface area (Å²) in [6, 6.07) is 9.40. The van der Waals surface area contributed by atoms with Crippen LogP contribution in [0.25, 0.3) is 0 Å². The van der Waals surface area contributed by atoms with Crippen LogP contribution in [-0.4, -0.2) is 25.0 Å². The highest BCUT2D eigenvalue weighted by atomic mass is 16.5. The normalized spacial score (nSPS) is 16.2. The van der Waals surface area contributed by atoms with Crippen molar-refractivity contribution >= 4 is 11.9 Å². The molecule has 1 N–H and O–H groups in total. The fourth-order valence-electron chi connectivity index (χ4n) is 3.08. The molecule has 1 aromatic carbocycles. The standard InChI is InChI=1S/C18H25NO3/c1-22-18(21)16(12-11-14-7-3-2-4-8-14)19-17(20)13-15-9-5-6-10-15/h2-4,7-8,15-16H,5-6,9-13H2,1H3,(H,19,20)/t16-/m0/s1. The molecule has 120 valence electrons. The van der Waals surface area contributed by atoms with Crippen molar-refractivity contribution in [3.63, 3.8) is 0 Å². The number of esters is 1. The van der Waals surface area contributed by atoms with Gasteiger partial charge < -0.3 is 10.1 Å². The van der Waals surface area contributed by atoms with Gasteiger partial charge in [-0.25, -0.2) is 4.79 Å². The Morgan fingerprint density at radius 3 is 2.55 bits per heavy atom. The van der Waals surface area contributed by atoms with Crippen LogP contribution in [0.4, 0.5) is 0 Å². The van der Waals surface area contributed by atoms with E-state index in [9.17, 15) is 9.59 Å². The SMILES string of the molecule is COC(=O)[C@H](CCc1ccccc1)NC(=O)CC1CCCC1. The van der Waals surface area contributed by atoms with Gasteiger partial charge in [0, 0.05) is 6.42 Å². The number of nitrogens with one attached hydrogen (secondary N) is 1. The summed E-state index contributed by atoms with van der Waals surface area (Å²) < 4.78 is 4.82. The minimum absolute atomic E-state index is 0.0321. The van der Waals surface area contributed by atoms with Crippen molar-refractivity contribution in [3.8, 4) is 0 Å². The molecule has 22 heavy (non-hydrogen) atoms. The molecule has 1 aliphatic carbocycles. The van der Waals surface area contributed by atoms with Gasteiger partial charge in [0.2, 0.25) is 5.91 Å². The summed E-state index contributed by atoms with van der Waals surface area (Å²) in [5.74, 6) is 0.0819. The summed E-state index contributed by atoms with van der Waals surface area (Å²) in [5, 5.41) is 2.85. The molecule has 1 fully saturated rings. The van der Waals surface area contributed by atoms with Gasteiger partial charge in [0.25, 0.3) is 0 Å². The van der Waals surface area contributed by atoms with Crippen LogP contribution < -0.4 is 5.32 Å². The van der Waals surface area contributed by atoms with Crippen LogP contribution in [-0.2, 0) is 20.7 Å². The van der Waals surface area contributed by atoms with Crippen molar-refractivity contribution in [2.24, 2.45) is 5.92 Å². The Bertz CT molecular complexity index is 480. The molecule has 0 heterocycles. The Balaban J connectivity index is 1.85. The van der Waals surface area contributed by atoms with E-state index in [1.165, 1.54) is 20.0 Å². The summed E-state index contributed by atoms with van der Waals surface area (Å²) >= 11 is 0. The lowest BCUT2D eigenvalue weighted by Crippen LogP contribution is -2.42. The highest BCUT2D eigenvalue weighted by Crippen LogP contribution is 2.27. The highest BCUT2D eigenvalue weighted by molar-refractivity contribution is 5.84. The molecule has 0 unspecified atom stereocenters. The van der Waals surface area contributed by atoms with Gasteiger partial charge >= 0.3 is 5.97 Å². The smallest absolute Gasteiger partial charge is 0.328 e. The minimum atomic E-state index is -0.556. The van der Waals surface area contributed by atoms with Crippen LogP contribution in [0.2, 0.25) is 0 Å². The van der Waals surface area contributed by atoms with E-state index < -0.39 is 6.04 Å². The maximum absolute atomic E-state index is 12.1. The van der Waals surface area contributed by atoms with Crippen LogP contribution in [0.15, 0.2) is 30.3 Å². The number of rotatable bonds is 7. The van der Waals surface area contributed by atoms with Crippen LogP contribution in [0, 0.1) is 5.92 Å². The van der Waals surface area contributed by atoms with Gasteiger partial charge in [0.15, 0.2) is 0 Å². The summed E-state index contributed by atoms with van der Waals surface area (Å²) in [4.78, 5) is 24.0. The average molecular weight is 303 g/mol. The van der Waals surface area contributed by atoms with Crippen molar-refractivity contribution < 1.29 is 14.3 Å². The van der Waals surface area contributed by atoms with E-state index in [4.69, 9.17) is 4.74 Å². The first-order valence-electron chi connectivity index (χ1n) is 8.10. The summed E-state index contributed by atoms with van der Waals surface area (Å²) in [6.45, 7) is 0. The second-order valence-corrected chi connectivity index (χ2v) is 6.02. The molecule has 4 heteroatoms. The second kappa shape index (κ2) is 8.57. The van der Waals surface area contributed by atoms with Gasteiger partial charge in [0.05, 0.1) is 7.11 Å². The van der Waals surface area contributed by atoms with Gasteiger partial charge in [0.1, 0.15) is 6.04 Å². The molecule has 0 spiro atoms. The van der Waals surface area contributed by atoms with Gasteiger partial charge in [-0.2, -0.15) is 0 Å². The molecule has 1 aromatic rings. The number of methoxy groups -OCH3 is 1. The Morgan fingerprint density at radius 1 is 1.23 bits per heavy atom. The molecule has 1 saturated carbocycles. The predicted molar refractivity (Wildman–Crippen MR) is 85.3 cm³/mol. The fraction of sp³-hybridized carbons (Fsp3) is 0.556. The van der Waals surface area contributed by atoms with Gasteiger partial charge in [-0.15, -0.1) is 0 Å². The molecule has 0 radical (unpaired) electrons. The summed E-state index contributed by atoms with van der Waals surface area (Å²) in [5.41, 5.74) is 1.15. The van der Waals surface area contributed by atoms with E-state index in [-0.39, 0.29) is 11.9 Å². The first-order chi connectivity index (χ1) is 10.7. The Kier molecular flexibility index (Phi) is 6.44. The van der Waals surface area contributed by atoms with Crippen LogP contribution in [0.5, 0.6) is 0 Å². The average Bonchev–Trinajstić information content (AvgIpc) is 3.04. The molecule has 1 aliphatic rings. The van der Waals surface area contributed by atoms with Crippen molar-refractivity contribution in [3.05, 3.63) is 35.9 Å². The molecule has 0 aliphatic heterocycles. The predicted octanol–water partition coefficient (Wildman–Crippen LogP) is 2.86. The maximum atomic E-state index is 12.1. The third kappa shape index (κ3) is 5.17. The minimum Gasteiger partial charge on any atom is -0.467 e. The molecule has 4 nitrogen and oxygen atoms in total. The van der Waals surface area contributed by atoms with E-state index >= 15 is 0 Å². The second-order valence-electron chi connectivity index (χ2n) is 6.02. The lowest BCUT2D eigenvalue weighted by Gasteiger charge is -2.18. The molecular weight excluding hydrogens is 278 g/mol. The number of ether oxygens (including phenoxy) is 1. The Labute approximate surface area is 132 Å². The van der Waals surface area contributed by atoms with E-state index in [0.29, 0.717) is 18.8 Å². The zero-order valence-corrected chi connectivity index (χ0v) is 13.2. The Hall–Kier alpha value is -1.84. The van der Waals surface area contributed by atoms with Crippen molar-refractivity contribution in [2.75, 3.05) is 7.11 Å². The topological polar surface area (TPSA) is 55.4 Å². The number of hydrogen-bond acceptors (Lipinski definition) is 3. The maximum Gasteiger partial charge on any atom is 0.328 e.